The number of aryl methyl sites for hydroxylation is 1. The summed E-state index contributed by atoms with van der Waals surface area (Å²) in [4.78, 5) is 23.6. The molecular weight excluding hydrogens is 280 g/mol. The van der Waals surface area contributed by atoms with E-state index in [4.69, 9.17) is 4.42 Å². The lowest BCUT2D eigenvalue weighted by molar-refractivity contribution is 0.0930. The normalized spacial score (nSPS) is 12.0. The molecule has 0 saturated carbocycles. The Balaban J connectivity index is 1.82. The van der Waals surface area contributed by atoms with Gasteiger partial charge in [0, 0.05) is 18.8 Å². The van der Waals surface area contributed by atoms with Gasteiger partial charge < -0.3 is 14.7 Å². The van der Waals surface area contributed by atoms with Gasteiger partial charge in [0.2, 0.25) is 0 Å². The fourth-order valence-electron chi connectivity index (χ4n) is 2.29. The molecule has 112 valence electrons. The van der Waals surface area contributed by atoms with Crippen LogP contribution in [0.25, 0.3) is 0 Å². The van der Waals surface area contributed by atoms with Gasteiger partial charge >= 0.3 is 0 Å². The van der Waals surface area contributed by atoms with Crippen molar-refractivity contribution in [2.45, 2.75) is 19.4 Å². The van der Waals surface area contributed by atoms with E-state index in [0.29, 0.717) is 17.9 Å². The van der Waals surface area contributed by atoms with Crippen LogP contribution in [-0.2, 0) is 6.42 Å². The van der Waals surface area contributed by atoms with Gasteiger partial charge in [0.25, 0.3) is 5.91 Å². The van der Waals surface area contributed by atoms with Crippen LogP contribution in [0.1, 0.15) is 33.7 Å². The summed E-state index contributed by atoms with van der Waals surface area (Å²) in [6, 6.07) is 9.58. The van der Waals surface area contributed by atoms with Crippen LogP contribution in [0.4, 0.5) is 0 Å². The Kier molecular flexibility index (Phi) is 4.00. The molecule has 1 amide bonds. The number of benzene rings is 1. The van der Waals surface area contributed by atoms with E-state index >= 15 is 0 Å². The van der Waals surface area contributed by atoms with Crippen molar-refractivity contribution in [3.63, 3.8) is 0 Å². The number of hydrogen-bond acceptors (Lipinski definition) is 4. The van der Waals surface area contributed by atoms with E-state index < -0.39 is 0 Å². The average molecular weight is 296 g/mol. The van der Waals surface area contributed by atoms with Crippen LogP contribution in [-0.4, -0.2) is 20.9 Å². The van der Waals surface area contributed by atoms with Crippen molar-refractivity contribution in [2.75, 3.05) is 0 Å². The molecule has 1 atom stereocenters. The minimum atomic E-state index is -0.258. The maximum absolute atomic E-state index is 12.4. The highest BCUT2D eigenvalue weighted by Crippen LogP contribution is 2.18. The first kappa shape index (κ1) is 14.1. The second-order valence-corrected chi connectivity index (χ2v) is 4.93. The van der Waals surface area contributed by atoms with Crippen molar-refractivity contribution in [3.8, 4) is 0 Å². The van der Waals surface area contributed by atoms with Crippen molar-refractivity contribution in [2.24, 2.45) is 0 Å². The van der Waals surface area contributed by atoms with Gasteiger partial charge in [-0.1, -0.05) is 30.3 Å². The van der Waals surface area contributed by atoms with Crippen LogP contribution >= 0.6 is 0 Å². The largest absolute Gasteiger partial charge is 0.448 e. The van der Waals surface area contributed by atoms with Gasteiger partial charge in [0.15, 0.2) is 12.1 Å². The third-order valence-corrected chi connectivity index (χ3v) is 3.42. The highest BCUT2D eigenvalue weighted by molar-refractivity contribution is 5.93. The summed E-state index contributed by atoms with van der Waals surface area (Å²) in [6.45, 7) is 1.71. The Morgan fingerprint density at radius 2 is 2.14 bits per heavy atom. The predicted molar refractivity (Wildman–Crippen MR) is 80.2 cm³/mol. The molecule has 0 aliphatic carbocycles. The number of carbonyl (C=O) groups excluding carboxylic acids is 1. The maximum atomic E-state index is 12.4. The van der Waals surface area contributed by atoms with Crippen molar-refractivity contribution < 1.29 is 9.21 Å². The quantitative estimate of drug-likeness (QED) is 0.757. The third-order valence-electron chi connectivity index (χ3n) is 3.42. The molecule has 3 aromatic rings. The molecule has 0 bridgehead atoms. The molecule has 3 rings (SSSR count). The molecule has 2 aromatic heterocycles. The van der Waals surface area contributed by atoms with E-state index in [1.165, 1.54) is 6.39 Å². The second-order valence-electron chi connectivity index (χ2n) is 4.93. The summed E-state index contributed by atoms with van der Waals surface area (Å²) in [5.74, 6) is 1.06. The number of aromatic amines is 1. The van der Waals surface area contributed by atoms with Crippen LogP contribution in [0.5, 0.6) is 0 Å². The van der Waals surface area contributed by atoms with Crippen molar-refractivity contribution in [1.82, 2.24) is 20.3 Å². The lowest BCUT2D eigenvalue weighted by Crippen LogP contribution is -2.30. The number of aromatic nitrogens is 3. The van der Waals surface area contributed by atoms with Crippen molar-refractivity contribution in [3.05, 3.63) is 72.0 Å². The number of nitrogens with zero attached hydrogens (tertiary/aromatic N) is 2. The molecule has 22 heavy (non-hydrogen) atoms. The molecule has 2 N–H and O–H groups in total. The van der Waals surface area contributed by atoms with Gasteiger partial charge in [-0.05, 0) is 12.5 Å². The fraction of sp³-hybridized carbons (Fsp3) is 0.188. The Morgan fingerprint density at radius 1 is 1.32 bits per heavy atom. The van der Waals surface area contributed by atoms with Gasteiger partial charge in [0.1, 0.15) is 11.6 Å². The number of amides is 1. The Morgan fingerprint density at radius 3 is 2.77 bits per heavy atom. The van der Waals surface area contributed by atoms with Gasteiger partial charge in [-0.25, -0.2) is 9.97 Å². The minimum Gasteiger partial charge on any atom is -0.448 e. The zero-order valence-corrected chi connectivity index (χ0v) is 12.1. The van der Waals surface area contributed by atoms with Gasteiger partial charge in [-0.2, -0.15) is 0 Å². The molecule has 0 aliphatic rings. The maximum Gasteiger partial charge on any atom is 0.274 e. The molecule has 1 aromatic carbocycles. The standard InChI is InChI=1S/C16H16N4O2/c1-11-15(19-10-22-11)16(21)20-13(9-14-17-7-8-18-14)12-5-3-2-4-6-12/h2-8,10,13H,9H2,1H3,(H,17,18)(H,20,21)/t13-/m0/s1. The topological polar surface area (TPSA) is 83.8 Å². The molecule has 2 heterocycles. The average Bonchev–Trinajstić information content (AvgIpc) is 3.19. The zero-order chi connectivity index (χ0) is 15.4. The molecule has 0 saturated heterocycles. The summed E-state index contributed by atoms with van der Waals surface area (Å²) in [5.41, 5.74) is 1.31. The van der Waals surface area contributed by atoms with Gasteiger partial charge in [0.05, 0.1) is 6.04 Å². The van der Waals surface area contributed by atoms with Gasteiger partial charge in [-0.3, -0.25) is 4.79 Å². The van der Waals surface area contributed by atoms with Crippen LogP contribution in [0.2, 0.25) is 0 Å². The van der Waals surface area contributed by atoms with Crippen molar-refractivity contribution >= 4 is 5.91 Å². The van der Waals surface area contributed by atoms with Crippen LogP contribution in [0, 0.1) is 6.92 Å². The minimum absolute atomic E-state index is 0.198. The number of H-pyrrole nitrogens is 1. The summed E-state index contributed by atoms with van der Waals surface area (Å²) in [5, 5.41) is 2.99. The predicted octanol–water partition coefficient (Wildman–Crippen LogP) is 2.42. The highest BCUT2D eigenvalue weighted by Gasteiger charge is 2.20. The molecule has 6 heteroatoms. The lowest BCUT2D eigenvalue weighted by Gasteiger charge is -2.17. The molecule has 0 radical (unpaired) electrons. The number of nitrogens with one attached hydrogen (secondary N) is 2. The smallest absolute Gasteiger partial charge is 0.274 e. The number of rotatable bonds is 5. The summed E-state index contributed by atoms with van der Waals surface area (Å²) in [6.07, 6.45) is 5.30. The lowest BCUT2D eigenvalue weighted by atomic mass is 10.0. The Bertz CT molecular complexity index is 735. The number of hydrogen-bond donors (Lipinski definition) is 2. The van der Waals surface area contributed by atoms with E-state index in [-0.39, 0.29) is 11.9 Å². The Labute approximate surface area is 127 Å². The molecular formula is C16H16N4O2. The molecule has 0 unspecified atom stereocenters. The van der Waals surface area contributed by atoms with E-state index in [1.54, 1.807) is 19.3 Å². The number of carbonyl (C=O) groups is 1. The van der Waals surface area contributed by atoms with E-state index in [2.05, 4.69) is 20.3 Å². The van der Waals surface area contributed by atoms with Crippen molar-refractivity contribution in [1.29, 1.82) is 0 Å². The Hall–Kier alpha value is -2.89. The van der Waals surface area contributed by atoms with E-state index in [0.717, 1.165) is 11.4 Å². The first-order valence-electron chi connectivity index (χ1n) is 6.98. The number of oxazole rings is 1. The number of imidazole rings is 1. The van der Waals surface area contributed by atoms with Crippen LogP contribution < -0.4 is 5.32 Å². The molecule has 0 spiro atoms. The van der Waals surface area contributed by atoms with Crippen LogP contribution in [0.15, 0.2) is 53.5 Å². The fourth-order valence-corrected chi connectivity index (χ4v) is 2.29. The molecule has 6 nitrogen and oxygen atoms in total. The second kappa shape index (κ2) is 6.26. The zero-order valence-electron chi connectivity index (χ0n) is 12.1. The summed E-state index contributed by atoms with van der Waals surface area (Å²) in [7, 11) is 0. The first-order valence-corrected chi connectivity index (χ1v) is 6.98. The highest BCUT2D eigenvalue weighted by atomic mass is 16.3. The summed E-state index contributed by atoms with van der Waals surface area (Å²) >= 11 is 0. The first-order chi connectivity index (χ1) is 10.7. The molecule has 0 fully saturated rings. The van der Waals surface area contributed by atoms with Gasteiger partial charge in [-0.15, -0.1) is 0 Å². The summed E-state index contributed by atoms with van der Waals surface area (Å²) < 4.78 is 5.09. The third kappa shape index (κ3) is 3.06. The monoisotopic (exact) mass is 296 g/mol. The molecule has 0 aliphatic heterocycles. The van der Waals surface area contributed by atoms with Crippen LogP contribution in [0.3, 0.4) is 0 Å². The SMILES string of the molecule is Cc1ocnc1C(=O)N[C@@H](Cc1ncc[nH]1)c1ccccc1. The van der Waals surface area contributed by atoms with E-state index in [9.17, 15) is 4.79 Å². The van der Waals surface area contributed by atoms with E-state index in [1.807, 2.05) is 30.3 Å².